The number of nitrogens with one attached hydrogen (secondary N) is 2. The molecular formula is C17H19N5O3S. The molecule has 0 radical (unpaired) electrons. The average molecular weight is 373 g/mol. The lowest BCUT2D eigenvalue weighted by Gasteiger charge is -2.22. The molecule has 1 fully saturated rings. The van der Waals surface area contributed by atoms with Crippen molar-refractivity contribution in [3.63, 3.8) is 0 Å². The minimum atomic E-state index is -1.19. The molecule has 0 spiro atoms. The number of nitrogens with zero attached hydrogens (tertiary/aromatic N) is 3. The number of rotatable bonds is 5. The van der Waals surface area contributed by atoms with Gasteiger partial charge in [-0.25, -0.2) is 4.79 Å². The second kappa shape index (κ2) is 6.83. The molecule has 0 unspecified atom stereocenters. The maximum absolute atomic E-state index is 12.8. The molecule has 136 valence electrons. The highest BCUT2D eigenvalue weighted by Gasteiger charge is 2.49. The van der Waals surface area contributed by atoms with Gasteiger partial charge in [-0.3, -0.25) is 19.8 Å². The number of imide groups is 1. The fraction of sp³-hybridized carbons (Fsp3) is 0.353. The first-order chi connectivity index (χ1) is 12.3. The number of aryl methyl sites for hydroxylation is 2. The van der Waals surface area contributed by atoms with Gasteiger partial charge in [0.15, 0.2) is 0 Å². The predicted octanol–water partition coefficient (Wildman–Crippen LogP) is 1.81. The van der Waals surface area contributed by atoms with E-state index in [2.05, 4.69) is 20.8 Å². The van der Waals surface area contributed by atoms with Crippen LogP contribution in [-0.4, -0.2) is 39.5 Å². The third kappa shape index (κ3) is 3.30. The van der Waals surface area contributed by atoms with Gasteiger partial charge in [0.2, 0.25) is 11.0 Å². The molecule has 26 heavy (non-hydrogen) atoms. The van der Waals surface area contributed by atoms with Gasteiger partial charge in [0, 0.05) is 0 Å². The van der Waals surface area contributed by atoms with Crippen molar-refractivity contribution < 1.29 is 14.4 Å². The number of amides is 4. The van der Waals surface area contributed by atoms with Crippen molar-refractivity contribution in [2.75, 3.05) is 11.9 Å². The third-order valence-corrected chi connectivity index (χ3v) is 5.20. The van der Waals surface area contributed by atoms with E-state index in [1.807, 2.05) is 26.0 Å². The lowest BCUT2D eigenvalue weighted by molar-refractivity contribution is -0.133. The van der Waals surface area contributed by atoms with Crippen LogP contribution < -0.4 is 10.6 Å². The molecule has 2 heterocycles. The monoisotopic (exact) mass is 373 g/mol. The quantitative estimate of drug-likeness (QED) is 0.778. The zero-order valence-electron chi connectivity index (χ0n) is 14.7. The van der Waals surface area contributed by atoms with Gasteiger partial charge in [-0.05, 0) is 25.8 Å². The van der Waals surface area contributed by atoms with Crippen LogP contribution in [0.4, 0.5) is 9.93 Å². The fourth-order valence-electron chi connectivity index (χ4n) is 2.67. The van der Waals surface area contributed by atoms with Crippen LogP contribution in [0.15, 0.2) is 24.3 Å². The average Bonchev–Trinajstić information content (AvgIpc) is 3.14. The minimum Gasteiger partial charge on any atom is -0.319 e. The number of aromatic nitrogens is 2. The summed E-state index contributed by atoms with van der Waals surface area (Å²) in [5, 5.41) is 14.2. The summed E-state index contributed by atoms with van der Waals surface area (Å²) in [7, 11) is 0. The van der Waals surface area contributed by atoms with Crippen LogP contribution >= 0.6 is 11.3 Å². The van der Waals surface area contributed by atoms with Crippen molar-refractivity contribution in [2.45, 2.75) is 32.7 Å². The van der Waals surface area contributed by atoms with Crippen molar-refractivity contribution in [3.8, 4) is 0 Å². The summed E-state index contributed by atoms with van der Waals surface area (Å²) in [6.45, 7) is 5.13. The Morgan fingerprint density at radius 3 is 2.58 bits per heavy atom. The maximum Gasteiger partial charge on any atom is 0.325 e. The van der Waals surface area contributed by atoms with Crippen molar-refractivity contribution in [2.24, 2.45) is 0 Å². The van der Waals surface area contributed by atoms with Crippen LogP contribution in [0.1, 0.15) is 30.0 Å². The van der Waals surface area contributed by atoms with Gasteiger partial charge < -0.3 is 5.32 Å². The summed E-state index contributed by atoms with van der Waals surface area (Å²) in [5.74, 6) is -0.964. The molecule has 8 nitrogen and oxygen atoms in total. The Bertz CT molecular complexity index is 864. The van der Waals surface area contributed by atoms with Gasteiger partial charge in [-0.15, -0.1) is 10.2 Å². The Morgan fingerprint density at radius 2 is 1.96 bits per heavy atom. The Hall–Kier alpha value is -2.81. The van der Waals surface area contributed by atoms with Crippen LogP contribution in [0.2, 0.25) is 0 Å². The van der Waals surface area contributed by atoms with Crippen molar-refractivity contribution in [3.05, 3.63) is 40.4 Å². The van der Waals surface area contributed by atoms with Crippen LogP contribution in [0, 0.1) is 6.92 Å². The number of anilines is 1. The summed E-state index contributed by atoms with van der Waals surface area (Å²) in [6.07, 6.45) is 0.718. The van der Waals surface area contributed by atoms with E-state index in [1.54, 1.807) is 19.1 Å². The number of hydrogen-bond donors (Lipinski definition) is 2. The first-order valence-electron chi connectivity index (χ1n) is 8.17. The van der Waals surface area contributed by atoms with E-state index in [0.29, 0.717) is 10.7 Å². The number of hydrogen-bond acceptors (Lipinski definition) is 6. The predicted molar refractivity (Wildman–Crippen MR) is 96.7 cm³/mol. The van der Waals surface area contributed by atoms with Crippen LogP contribution in [0.25, 0.3) is 0 Å². The molecular weight excluding hydrogens is 354 g/mol. The van der Waals surface area contributed by atoms with Crippen LogP contribution in [0.5, 0.6) is 0 Å². The molecule has 1 aliphatic heterocycles. The highest BCUT2D eigenvalue weighted by molar-refractivity contribution is 7.15. The van der Waals surface area contributed by atoms with Gasteiger partial charge in [-0.2, -0.15) is 0 Å². The van der Waals surface area contributed by atoms with E-state index < -0.39 is 23.4 Å². The molecule has 2 aromatic rings. The van der Waals surface area contributed by atoms with Gasteiger partial charge in [0.1, 0.15) is 17.1 Å². The van der Waals surface area contributed by atoms with E-state index in [-0.39, 0.29) is 6.54 Å². The highest BCUT2D eigenvalue weighted by Crippen LogP contribution is 2.29. The topological polar surface area (TPSA) is 104 Å². The molecule has 1 saturated heterocycles. The third-order valence-electron chi connectivity index (χ3n) is 4.22. The zero-order chi connectivity index (χ0) is 18.9. The Labute approximate surface area is 154 Å². The molecule has 1 aromatic carbocycles. The Kier molecular flexibility index (Phi) is 4.73. The molecule has 1 atom stereocenters. The second-order valence-electron chi connectivity index (χ2n) is 6.22. The SMILES string of the molecule is CCc1nnc(NC(=O)CN2C(=O)N[C@](C)(c3ccc(C)cc3)C2=O)s1. The number of carbonyl (C=O) groups is 3. The van der Waals surface area contributed by atoms with Gasteiger partial charge in [0.05, 0.1) is 0 Å². The minimum absolute atomic E-state index is 0.347. The molecule has 1 aromatic heterocycles. The van der Waals surface area contributed by atoms with Crippen LogP contribution in [-0.2, 0) is 21.5 Å². The van der Waals surface area contributed by atoms with E-state index in [9.17, 15) is 14.4 Å². The molecule has 0 bridgehead atoms. The Morgan fingerprint density at radius 1 is 1.27 bits per heavy atom. The smallest absolute Gasteiger partial charge is 0.319 e. The fourth-order valence-corrected chi connectivity index (χ4v) is 3.37. The summed E-state index contributed by atoms with van der Waals surface area (Å²) >= 11 is 1.26. The molecule has 0 saturated carbocycles. The standard InChI is InChI=1S/C17H19N5O3S/c1-4-13-20-21-15(26-13)18-12(23)9-22-14(24)17(3,19-16(22)25)11-7-5-10(2)6-8-11/h5-8H,4,9H2,1-3H3,(H,19,25)(H,18,21,23)/t17-/m1/s1. The van der Waals surface area contributed by atoms with Gasteiger partial charge >= 0.3 is 6.03 Å². The second-order valence-corrected chi connectivity index (χ2v) is 7.28. The molecule has 9 heteroatoms. The zero-order valence-corrected chi connectivity index (χ0v) is 15.5. The number of benzene rings is 1. The van der Waals surface area contributed by atoms with E-state index >= 15 is 0 Å². The normalized spacial score (nSPS) is 19.6. The van der Waals surface area contributed by atoms with Crippen LogP contribution in [0.3, 0.4) is 0 Å². The summed E-state index contributed by atoms with van der Waals surface area (Å²) in [5.41, 5.74) is 0.526. The molecule has 0 aliphatic carbocycles. The van der Waals surface area contributed by atoms with Crippen molar-refractivity contribution in [1.82, 2.24) is 20.4 Å². The molecule has 1 aliphatic rings. The van der Waals surface area contributed by atoms with Gasteiger partial charge in [0.25, 0.3) is 5.91 Å². The van der Waals surface area contributed by atoms with E-state index in [0.717, 1.165) is 21.9 Å². The largest absolute Gasteiger partial charge is 0.325 e. The molecule has 4 amide bonds. The molecule has 2 N–H and O–H groups in total. The first-order valence-corrected chi connectivity index (χ1v) is 8.98. The van der Waals surface area contributed by atoms with Crippen molar-refractivity contribution >= 4 is 34.3 Å². The summed E-state index contributed by atoms with van der Waals surface area (Å²) < 4.78 is 0. The van der Waals surface area contributed by atoms with E-state index in [4.69, 9.17) is 0 Å². The van der Waals surface area contributed by atoms with Gasteiger partial charge in [-0.1, -0.05) is 48.1 Å². The summed E-state index contributed by atoms with van der Waals surface area (Å²) in [4.78, 5) is 38.2. The highest BCUT2D eigenvalue weighted by atomic mass is 32.1. The lowest BCUT2D eigenvalue weighted by Crippen LogP contribution is -2.42. The Balaban J connectivity index is 1.72. The van der Waals surface area contributed by atoms with E-state index in [1.165, 1.54) is 11.3 Å². The van der Waals surface area contributed by atoms with Crippen molar-refractivity contribution in [1.29, 1.82) is 0 Å². The summed E-state index contributed by atoms with van der Waals surface area (Å²) in [6, 6.07) is 6.74. The maximum atomic E-state index is 12.8. The number of urea groups is 1. The molecule has 3 rings (SSSR count). The number of carbonyl (C=O) groups excluding carboxylic acids is 3. The lowest BCUT2D eigenvalue weighted by atomic mass is 9.91. The first kappa shape index (κ1) is 18.0.